The van der Waals surface area contributed by atoms with Gasteiger partial charge in [-0.2, -0.15) is 5.11 Å². The summed E-state index contributed by atoms with van der Waals surface area (Å²) in [5, 5.41) is 12.5. The van der Waals surface area contributed by atoms with Crippen LogP contribution >= 0.6 is 48.0 Å². The van der Waals surface area contributed by atoms with E-state index < -0.39 is 0 Å². The average molecular weight is 614 g/mol. The molecular formula is C20H36I2N6. The lowest BCUT2D eigenvalue weighted by Crippen LogP contribution is -2.36. The summed E-state index contributed by atoms with van der Waals surface area (Å²) in [4.78, 5) is 6.45. The van der Waals surface area contributed by atoms with Gasteiger partial charge in [-0.3, -0.25) is 0 Å². The number of azo groups is 1. The summed E-state index contributed by atoms with van der Waals surface area (Å²) in [6.45, 7) is 9.69. The molecule has 0 fully saturated rings. The lowest BCUT2D eigenvalue weighted by Gasteiger charge is -2.25. The monoisotopic (exact) mass is 614 g/mol. The summed E-state index contributed by atoms with van der Waals surface area (Å²) in [5.41, 5.74) is 2.11. The molecule has 0 amide bonds. The molecule has 0 atom stereocenters. The van der Waals surface area contributed by atoms with Crippen molar-refractivity contribution in [2.75, 3.05) is 38.6 Å². The Morgan fingerprint density at radius 1 is 1.00 bits per heavy atom. The van der Waals surface area contributed by atoms with Crippen molar-refractivity contribution in [3.8, 4) is 0 Å². The van der Waals surface area contributed by atoms with Crippen molar-refractivity contribution >= 4 is 59.3 Å². The number of nitrogens with zero attached hydrogens (tertiary/aromatic N) is 5. The van der Waals surface area contributed by atoms with E-state index in [4.69, 9.17) is 0 Å². The third-order valence-corrected chi connectivity index (χ3v) is 4.94. The summed E-state index contributed by atoms with van der Waals surface area (Å²) in [5.74, 6) is 0. The van der Waals surface area contributed by atoms with Crippen molar-refractivity contribution < 1.29 is 0 Å². The minimum absolute atomic E-state index is 0. The van der Waals surface area contributed by atoms with Gasteiger partial charge in [-0.25, -0.2) is 0 Å². The molecule has 1 N–H and O–H groups in total. The molecule has 1 aliphatic rings. The van der Waals surface area contributed by atoms with Crippen LogP contribution < -0.4 is 10.2 Å². The number of benzene rings is 1. The van der Waals surface area contributed by atoms with Gasteiger partial charge in [0.25, 0.3) is 0 Å². The Labute approximate surface area is 204 Å². The first-order chi connectivity index (χ1) is 12.6. The maximum absolute atomic E-state index is 4.43. The Hall–Kier alpha value is -0.620. The number of nitrogens with one attached hydrogen (secondary N) is 1. The molecule has 160 valence electrons. The fraction of sp³-hybridized carbons (Fsp3) is 0.600. The van der Waals surface area contributed by atoms with Gasteiger partial charge in [0.2, 0.25) is 6.29 Å². The van der Waals surface area contributed by atoms with Crippen LogP contribution in [-0.4, -0.2) is 55.9 Å². The zero-order chi connectivity index (χ0) is 18.9. The van der Waals surface area contributed by atoms with Gasteiger partial charge in [-0.05, 0) is 44.0 Å². The molecule has 6 nitrogen and oxygen atoms in total. The lowest BCUT2D eigenvalue weighted by molar-refractivity contribution is 0.206. The fourth-order valence-corrected chi connectivity index (χ4v) is 3.11. The molecule has 0 aliphatic carbocycles. The lowest BCUT2D eigenvalue weighted by atomic mass is 10.2. The van der Waals surface area contributed by atoms with Crippen LogP contribution in [-0.2, 0) is 0 Å². The Bertz CT molecular complexity index is 577. The molecule has 0 aromatic heterocycles. The van der Waals surface area contributed by atoms with E-state index in [2.05, 4.69) is 53.3 Å². The van der Waals surface area contributed by atoms with Crippen LogP contribution in [0.25, 0.3) is 0 Å². The number of hydrogen-bond acceptors (Lipinski definition) is 6. The Morgan fingerprint density at radius 2 is 1.57 bits per heavy atom. The zero-order valence-electron chi connectivity index (χ0n) is 17.7. The van der Waals surface area contributed by atoms with Crippen molar-refractivity contribution in [1.29, 1.82) is 0 Å². The molecule has 0 unspecified atom stereocenters. The Balaban J connectivity index is 0.00000364. The second-order valence-electron chi connectivity index (χ2n) is 6.75. The van der Waals surface area contributed by atoms with E-state index >= 15 is 0 Å². The predicted molar refractivity (Wildman–Crippen MR) is 141 cm³/mol. The minimum Gasteiger partial charge on any atom is -0.371 e. The van der Waals surface area contributed by atoms with Gasteiger partial charge in [-0.15, -0.1) is 53.1 Å². The molecule has 0 spiro atoms. The molecule has 1 aromatic carbocycles. The van der Waals surface area contributed by atoms with E-state index in [9.17, 15) is 0 Å². The smallest absolute Gasteiger partial charge is 0.217 e. The Morgan fingerprint density at radius 3 is 2.07 bits per heavy atom. The molecule has 0 saturated carbocycles. The first-order valence-corrected chi connectivity index (χ1v) is 9.70. The number of halogens is 2. The third-order valence-electron chi connectivity index (χ3n) is 4.94. The largest absolute Gasteiger partial charge is 0.371 e. The van der Waals surface area contributed by atoms with Crippen LogP contribution in [0.15, 0.2) is 46.9 Å². The van der Waals surface area contributed by atoms with E-state index in [0.29, 0.717) is 6.04 Å². The van der Waals surface area contributed by atoms with E-state index in [0.717, 1.165) is 25.3 Å². The maximum Gasteiger partial charge on any atom is 0.217 e. The van der Waals surface area contributed by atoms with Crippen molar-refractivity contribution in [2.45, 2.75) is 45.9 Å². The van der Waals surface area contributed by atoms with Gasteiger partial charge in [0, 0.05) is 57.9 Å². The molecule has 1 heterocycles. The molecule has 8 heteroatoms. The van der Waals surface area contributed by atoms with Crippen molar-refractivity contribution in [1.82, 2.24) is 15.1 Å². The first kappa shape index (κ1) is 27.4. The maximum atomic E-state index is 4.43. The highest BCUT2D eigenvalue weighted by atomic mass is 127. The molecule has 1 aromatic rings. The molecular weight excluding hydrogens is 578 g/mol. The van der Waals surface area contributed by atoms with Crippen molar-refractivity contribution in [3.63, 3.8) is 0 Å². The highest BCUT2D eigenvalue weighted by molar-refractivity contribution is 14.0. The molecule has 0 bridgehead atoms. The van der Waals surface area contributed by atoms with Gasteiger partial charge >= 0.3 is 0 Å². The average Bonchev–Trinajstić information content (AvgIpc) is 2.99. The molecule has 2 rings (SSSR count). The van der Waals surface area contributed by atoms with Crippen LogP contribution in [0, 0.1) is 0 Å². The Kier molecular flexibility index (Phi) is 14.1. The first-order valence-electron chi connectivity index (χ1n) is 9.70. The van der Waals surface area contributed by atoms with E-state index in [1.807, 2.05) is 48.4 Å². The zero-order valence-corrected chi connectivity index (χ0v) is 22.4. The second-order valence-corrected chi connectivity index (χ2v) is 6.75. The van der Waals surface area contributed by atoms with Gasteiger partial charge in [0.1, 0.15) is 0 Å². The minimum atomic E-state index is -0.0574. The van der Waals surface area contributed by atoms with Gasteiger partial charge in [-0.1, -0.05) is 13.8 Å². The normalized spacial score (nSPS) is 13.9. The van der Waals surface area contributed by atoms with E-state index in [-0.39, 0.29) is 54.2 Å². The van der Waals surface area contributed by atoms with Gasteiger partial charge in [0.15, 0.2) is 0 Å². The van der Waals surface area contributed by atoms with Crippen LogP contribution in [0.5, 0.6) is 0 Å². The van der Waals surface area contributed by atoms with Crippen LogP contribution in [0.1, 0.15) is 33.6 Å². The van der Waals surface area contributed by atoms with Gasteiger partial charge in [0.05, 0.1) is 5.69 Å². The highest BCUT2D eigenvalue weighted by Gasteiger charge is 2.19. The molecule has 28 heavy (non-hydrogen) atoms. The summed E-state index contributed by atoms with van der Waals surface area (Å²) in [7, 11) is 4.00. The number of anilines is 1. The van der Waals surface area contributed by atoms with Crippen LogP contribution in [0.4, 0.5) is 11.4 Å². The van der Waals surface area contributed by atoms with Gasteiger partial charge < -0.3 is 20.0 Å². The standard InChI is InChI=1S/C20H34N6.2HI/c1-6-17(7-2)21-13-14-26(8-3)19-11-9-18(10-12-19)22-23-20-24(4)15-16-25(20)5;;/h9-12,15-17,20-21H,6-8,13-14H2,1-5H3;2*1H/b23-22+;;. The van der Waals surface area contributed by atoms with Crippen molar-refractivity contribution in [3.05, 3.63) is 36.7 Å². The SMILES string of the molecule is CCC(CC)NCCN(CC)c1ccc(/N=N/C2N(C)C=CN2C)cc1.I.I. The molecule has 1 aliphatic heterocycles. The summed E-state index contributed by atoms with van der Waals surface area (Å²) >= 11 is 0. The van der Waals surface area contributed by atoms with Crippen LogP contribution in [0.3, 0.4) is 0 Å². The third kappa shape index (κ3) is 8.02. The fourth-order valence-electron chi connectivity index (χ4n) is 3.11. The summed E-state index contributed by atoms with van der Waals surface area (Å²) in [6, 6.07) is 8.97. The van der Waals surface area contributed by atoms with E-state index in [1.165, 1.54) is 18.5 Å². The van der Waals surface area contributed by atoms with E-state index in [1.54, 1.807) is 0 Å². The number of hydrogen-bond donors (Lipinski definition) is 1. The number of likely N-dealkylation sites (N-methyl/N-ethyl adjacent to an activating group) is 1. The second kappa shape index (κ2) is 14.4. The summed E-state index contributed by atoms with van der Waals surface area (Å²) in [6.07, 6.45) is 6.31. The van der Waals surface area contributed by atoms with Crippen molar-refractivity contribution in [2.24, 2.45) is 10.2 Å². The molecule has 0 saturated heterocycles. The number of rotatable bonds is 10. The summed E-state index contributed by atoms with van der Waals surface area (Å²) < 4.78 is 0. The van der Waals surface area contributed by atoms with Crippen LogP contribution in [0.2, 0.25) is 0 Å². The topological polar surface area (TPSA) is 46.5 Å². The quantitative estimate of drug-likeness (QED) is 0.290. The predicted octanol–water partition coefficient (Wildman–Crippen LogP) is 5.24. The highest BCUT2D eigenvalue weighted by Crippen LogP contribution is 2.21. The molecule has 0 radical (unpaired) electrons.